The number of aliphatic hydroxyl groups is 1. The Balaban J connectivity index is 3.63. The Kier molecular flexibility index (Phi) is 5.57. The highest BCUT2D eigenvalue weighted by Gasteiger charge is 2.21. The molecule has 0 saturated carbocycles. The Morgan fingerprint density at radius 2 is 1.85 bits per heavy atom. The van der Waals surface area contributed by atoms with Crippen LogP contribution in [0.4, 0.5) is 0 Å². The van der Waals surface area contributed by atoms with Crippen molar-refractivity contribution in [3.05, 3.63) is 0 Å². The Labute approximate surface area is 82.7 Å². The molecule has 2 unspecified atom stereocenters. The van der Waals surface area contributed by atoms with E-state index in [2.05, 4.69) is 39.9 Å². The van der Waals surface area contributed by atoms with Crippen LogP contribution in [0.1, 0.15) is 47.5 Å². The summed E-state index contributed by atoms with van der Waals surface area (Å²) in [6.45, 7) is 11.2. The molecule has 0 saturated heterocycles. The molecule has 2 N–H and O–H groups in total. The van der Waals surface area contributed by atoms with Gasteiger partial charge < -0.3 is 10.4 Å². The van der Waals surface area contributed by atoms with E-state index in [0.29, 0.717) is 12.6 Å². The summed E-state index contributed by atoms with van der Waals surface area (Å²) in [5, 5.41) is 13.1. The molecule has 0 heterocycles. The number of aliphatic hydroxyl groups excluding tert-OH is 1. The van der Waals surface area contributed by atoms with Gasteiger partial charge in [0.05, 0.1) is 6.10 Å². The van der Waals surface area contributed by atoms with Crippen LogP contribution in [0.15, 0.2) is 0 Å². The molecular formula is C11H25NO. The van der Waals surface area contributed by atoms with Gasteiger partial charge in [-0.05, 0) is 18.8 Å². The zero-order chi connectivity index (χ0) is 10.5. The summed E-state index contributed by atoms with van der Waals surface area (Å²) in [6, 6.07) is 0.516. The van der Waals surface area contributed by atoms with E-state index in [1.807, 2.05) is 0 Å². The van der Waals surface area contributed by atoms with Gasteiger partial charge in [0.2, 0.25) is 0 Å². The Bertz CT molecular complexity index is 129. The molecule has 0 bridgehead atoms. The van der Waals surface area contributed by atoms with Crippen molar-refractivity contribution in [1.29, 1.82) is 0 Å². The second-order valence-electron chi connectivity index (χ2n) is 4.98. The molecule has 2 nitrogen and oxygen atoms in total. The van der Waals surface area contributed by atoms with Crippen LogP contribution in [0.2, 0.25) is 0 Å². The Morgan fingerprint density at radius 1 is 1.31 bits per heavy atom. The smallest absolute Gasteiger partial charge is 0.0712 e. The topological polar surface area (TPSA) is 32.3 Å². The molecule has 0 aliphatic rings. The maximum Gasteiger partial charge on any atom is 0.0712 e. The van der Waals surface area contributed by atoms with Crippen molar-refractivity contribution in [2.45, 2.75) is 59.6 Å². The third kappa shape index (κ3) is 6.05. The standard InChI is InChI=1S/C11H25NO/c1-6-7-9(2)12-8-10(13)11(3,4)5/h9-10,12-13H,6-8H2,1-5H3. The molecular weight excluding hydrogens is 162 g/mol. The lowest BCUT2D eigenvalue weighted by Gasteiger charge is -2.27. The molecule has 0 aliphatic heterocycles. The van der Waals surface area contributed by atoms with Crippen LogP contribution >= 0.6 is 0 Å². The highest BCUT2D eigenvalue weighted by atomic mass is 16.3. The first-order chi connectivity index (χ1) is 5.88. The molecule has 0 aromatic rings. The molecule has 0 radical (unpaired) electrons. The highest BCUT2D eigenvalue weighted by Crippen LogP contribution is 2.18. The summed E-state index contributed by atoms with van der Waals surface area (Å²) < 4.78 is 0. The largest absolute Gasteiger partial charge is 0.391 e. The van der Waals surface area contributed by atoms with Gasteiger partial charge in [0.25, 0.3) is 0 Å². The van der Waals surface area contributed by atoms with Crippen molar-refractivity contribution >= 4 is 0 Å². The van der Waals surface area contributed by atoms with Crippen LogP contribution < -0.4 is 5.32 Å². The van der Waals surface area contributed by atoms with Crippen molar-refractivity contribution in [3.63, 3.8) is 0 Å². The summed E-state index contributed by atoms with van der Waals surface area (Å²) in [6.07, 6.45) is 2.11. The normalized spacial score (nSPS) is 17.1. The van der Waals surface area contributed by atoms with Gasteiger partial charge in [-0.1, -0.05) is 34.1 Å². The zero-order valence-corrected chi connectivity index (χ0v) is 9.72. The summed E-state index contributed by atoms with van der Waals surface area (Å²) in [7, 11) is 0. The monoisotopic (exact) mass is 187 g/mol. The van der Waals surface area contributed by atoms with Gasteiger partial charge in [0.15, 0.2) is 0 Å². The molecule has 0 amide bonds. The van der Waals surface area contributed by atoms with Gasteiger partial charge in [-0.15, -0.1) is 0 Å². The van der Waals surface area contributed by atoms with E-state index < -0.39 is 0 Å². The van der Waals surface area contributed by atoms with Gasteiger partial charge >= 0.3 is 0 Å². The van der Waals surface area contributed by atoms with Gasteiger partial charge in [0, 0.05) is 12.6 Å². The lowest BCUT2D eigenvalue weighted by Crippen LogP contribution is -2.40. The summed E-state index contributed by atoms with van der Waals surface area (Å²) in [4.78, 5) is 0. The van der Waals surface area contributed by atoms with Crippen LogP contribution in [0.25, 0.3) is 0 Å². The minimum Gasteiger partial charge on any atom is -0.391 e. The molecule has 0 rings (SSSR count). The number of rotatable bonds is 5. The minimum atomic E-state index is -0.258. The van der Waals surface area contributed by atoms with E-state index in [9.17, 15) is 5.11 Å². The van der Waals surface area contributed by atoms with Crippen molar-refractivity contribution in [2.24, 2.45) is 5.41 Å². The van der Waals surface area contributed by atoms with Gasteiger partial charge in [-0.2, -0.15) is 0 Å². The summed E-state index contributed by atoms with van der Waals surface area (Å²) >= 11 is 0. The fraction of sp³-hybridized carbons (Fsp3) is 1.00. The van der Waals surface area contributed by atoms with Crippen molar-refractivity contribution in [2.75, 3.05) is 6.54 Å². The van der Waals surface area contributed by atoms with Crippen LogP contribution in [0, 0.1) is 5.41 Å². The quantitative estimate of drug-likeness (QED) is 0.691. The fourth-order valence-electron chi connectivity index (χ4n) is 1.15. The molecule has 2 atom stereocenters. The molecule has 0 aromatic heterocycles. The molecule has 0 spiro atoms. The van der Waals surface area contributed by atoms with E-state index in [-0.39, 0.29) is 11.5 Å². The molecule has 0 fully saturated rings. The zero-order valence-electron chi connectivity index (χ0n) is 9.72. The first-order valence-corrected chi connectivity index (χ1v) is 5.29. The van der Waals surface area contributed by atoms with Crippen LogP contribution in [-0.2, 0) is 0 Å². The van der Waals surface area contributed by atoms with E-state index in [0.717, 1.165) is 0 Å². The maximum absolute atomic E-state index is 9.74. The van der Waals surface area contributed by atoms with Crippen LogP contribution in [-0.4, -0.2) is 23.8 Å². The van der Waals surface area contributed by atoms with Crippen LogP contribution in [0.3, 0.4) is 0 Å². The van der Waals surface area contributed by atoms with E-state index in [1.54, 1.807) is 0 Å². The third-order valence-corrected chi connectivity index (χ3v) is 2.38. The Morgan fingerprint density at radius 3 is 2.23 bits per heavy atom. The first-order valence-electron chi connectivity index (χ1n) is 5.29. The lowest BCUT2D eigenvalue weighted by molar-refractivity contribution is 0.0607. The van der Waals surface area contributed by atoms with Crippen molar-refractivity contribution in [1.82, 2.24) is 5.32 Å². The molecule has 0 aliphatic carbocycles. The summed E-state index contributed by atoms with van der Waals surface area (Å²) in [5.74, 6) is 0. The summed E-state index contributed by atoms with van der Waals surface area (Å²) in [5.41, 5.74) is -0.0149. The van der Waals surface area contributed by atoms with Crippen molar-refractivity contribution in [3.8, 4) is 0 Å². The molecule has 2 heteroatoms. The molecule has 80 valence electrons. The third-order valence-electron chi connectivity index (χ3n) is 2.38. The predicted octanol–water partition coefficient (Wildman–Crippen LogP) is 2.17. The predicted molar refractivity (Wildman–Crippen MR) is 57.8 cm³/mol. The minimum absolute atomic E-state index is 0.0149. The Hall–Kier alpha value is -0.0800. The van der Waals surface area contributed by atoms with Gasteiger partial charge in [0.1, 0.15) is 0 Å². The number of nitrogens with one attached hydrogen (secondary N) is 1. The second kappa shape index (κ2) is 5.61. The van der Waals surface area contributed by atoms with Gasteiger partial charge in [-0.25, -0.2) is 0 Å². The van der Waals surface area contributed by atoms with E-state index in [1.165, 1.54) is 12.8 Å². The average molecular weight is 187 g/mol. The number of hydrogen-bond donors (Lipinski definition) is 2. The SMILES string of the molecule is CCCC(C)NCC(O)C(C)(C)C. The molecule has 0 aromatic carbocycles. The molecule has 13 heavy (non-hydrogen) atoms. The van der Waals surface area contributed by atoms with Crippen molar-refractivity contribution < 1.29 is 5.11 Å². The van der Waals surface area contributed by atoms with E-state index >= 15 is 0 Å². The van der Waals surface area contributed by atoms with Crippen LogP contribution in [0.5, 0.6) is 0 Å². The second-order valence-corrected chi connectivity index (χ2v) is 4.98. The van der Waals surface area contributed by atoms with E-state index in [4.69, 9.17) is 0 Å². The fourth-order valence-corrected chi connectivity index (χ4v) is 1.15. The van der Waals surface area contributed by atoms with Gasteiger partial charge in [-0.3, -0.25) is 0 Å². The highest BCUT2D eigenvalue weighted by molar-refractivity contribution is 4.75. The lowest BCUT2D eigenvalue weighted by atomic mass is 9.89. The maximum atomic E-state index is 9.74. The first kappa shape index (κ1) is 12.9. The number of hydrogen-bond acceptors (Lipinski definition) is 2. The average Bonchev–Trinajstić information content (AvgIpc) is 1.99.